The molecule has 0 aliphatic heterocycles. The molecule has 0 saturated heterocycles. The number of hydrogen-bond donors (Lipinski definition) is 2. The Balaban J connectivity index is 1.52. The number of H-pyrrole nitrogens is 1. The van der Waals surface area contributed by atoms with Crippen LogP contribution in [0.1, 0.15) is 47.1 Å². The largest absolute Gasteiger partial charge is 0.341 e. The third-order valence-corrected chi connectivity index (χ3v) is 6.65. The summed E-state index contributed by atoms with van der Waals surface area (Å²) in [7, 11) is 0. The highest BCUT2D eigenvalue weighted by molar-refractivity contribution is 9.10. The van der Waals surface area contributed by atoms with E-state index in [1.54, 1.807) is 0 Å². The lowest BCUT2D eigenvalue weighted by Gasteiger charge is -2.35. The van der Waals surface area contributed by atoms with Crippen molar-refractivity contribution in [3.63, 3.8) is 0 Å². The van der Waals surface area contributed by atoms with Crippen LogP contribution >= 0.6 is 15.9 Å². The summed E-state index contributed by atoms with van der Waals surface area (Å²) in [6.07, 6.45) is 5.29. The minimum absolute atomic E-state index is 0.257. The first-order valence-corrected chi connectivity index (χ1v) is 11.6. The van der Waals surface area contributed by atoms with Gasteiger partial charge in [0.25, 0.3) is 0 Å². The van der Waals surface area contributed by atoms with Crippen molar-refractivity contribution < 1.29 is 0 Å². The summed E-state index contributed by atoms with van der Waals surface area (Å²) in [5, 5.41) is 0. The fourth-order valence-corrected chi connectivity index (χ4v) is 5.06. The van der Waals surface area contributed by atoms with Gasteiger partial charge in [-0.25, -0.2) is 4.98 Å². The SMILES string of the molecule is NCc1cc(Br)ccc1CN(Cc1nc2ccccc2[nH]1)C1CCCc2cccnc21. The van der Waals surface area contributed by atoms with E-state index >= 15 is 0 Å². The molecule has 3 N–H and O–H groups in total. The number of para-hydroxylation sites is 2. The molecule has 2 aromatic carbocycles. The molecule has 1 atom stereocenters. The van der Waals surface area contributed by atoms with Crippen molar-refractivity contribution in [1.82, 2.24) is 19.9 Å². The van der Waals surface area contributed by atoms with E-state index in [9.17, 15) is 0 Å². The van der Waals surface area contributed by atoms with E-state index in [4.69, 9.17) is 15.7 Å². The zero-order chi connectivity index (χ0) is 21.2. The number of nitrogens with two attached hydrogens (primary N) is 1. The summed E-state index contributed by atoms with van der Waals surface area (Å²) in [5.41, 5.74) is 13.2. The van der Waals surface area contributed by atoms with Crippen LogP contribution in [0.5, 0.6) is 0 Å². The van der Waals surface area contributed by atoms with Crippen molar-refractivity contribution >= 4 is 27.0 Å². The maximum absolute atomic E-state index is 6.08. The van der Waals surface area contributed by atoms with Crippen LogP contribution in [0.4, 0.5) is 0 Å². The van der Waals surface area contributed by atoms with Crippen LogP contribution in [0.3, 0.4) is 0 Å². The van der Waals surface area contributed by atoms with E-state index in [2.05, 4.69) is 62.2 Å². The molecule has 4 aromatic rings. The Bertz CT molecular complexity index is 1170. The first-order valence-electron chi connectivity index (χ1n) is 10.8. The molecule has 1 unspecified atom stereocenters. The Morgan fingerprint density at radius 3 is 2.84 bits per heavy atom. The molecule has 5 nitrogen and oxygen atoms in total. The van der Waals surface area contributed by atoms with Gasteiger partial charge in [-0.3, -0.25) is 9.88 Å². The third kappa shape index (κ3) is 4.28. The van der Waals surface area contributed by atoms with Crippen LogP contribution < -0.4 is 5.73 Å². The molecule has 0 saturated carbocycles. The maximum atomic E-state index is 6.08. The Labute approximate surface area is 190 Å². The fraction of sp³-hybridized carbons (Fsp3) is 0.280. The lowest BCUT2D eigenvalue weighted by atomic mass is 9.90. The van der Waals surface area contributed by atoms with Crippen molar-refractivity contribution in [3.05, 3.63) is 93.5 Å². The number of hydrogen-bond acceptors (Lipinski definition) is 4. The maximum Gasteiger partial charge on any atom is 0.121 e. The molecule has 0 bridgehead atoms. The second kappa shape index (κ2) is 8.91. The number of aromatic nitrogens is 3. The lowest BCUT2D eigenvalue weighted by molar-refractivity contribution is 0.153. The monoisotopic (exact) mass is 475 g/mol. The Kier molecular flexibility index (Phi) is 5.85. The highest BCUT2D eigenvalue weighted by atomic mass is 79.9. The number of nitrogens with one attached hydrogen (secondary N) is 1. The molecular formula is C25H26BrN5. The van der Waals surface area contributed by atoms with Gasteiger partial charge in [-0.1, -0.05) is 40.2 Å². The molecule has 31 heavy (non-hydrogen) atoms. The van der Waals surface area contributed by atoms with E-state index < -0.39 is 0 Å². The Morgan fingerprint density at radius 2 is 1.97 bits per heavy atom. The van der Waals surface area contributed by atoms with E-state index in [1.165, 1.54) is 28.8 Å². The second-order valence-electron chi connectivity index (χ2n) is 8.18. The number of nitrogens with zero attached hydrogens (tertiary/aromatic N) is 3. The average molecular weight is 476 g/mol. The van der Waals surface area contributed by atoms with Crippen molar-refractivity contribution in [1.29, 1.82) is 0 Å². The number of aryl methyl sites for hydroxylation is 1. The lowest BCUT2D eigenvalue weighted by Crippen LogP contribution is -2.32. The van der Waals surface area contributed by atoms with Gasteiger partial charge in [0.2, 0.25) is 0 Å². The first-order chi connectivity index (χ1) is 15.2. The van der Waals surface area contributed by atoms with Gasteiger partial charge in [-0.2, -0.15) is 0 Å². The predicted molar refractivity (Wildman–Crippen MR) is 127 cm³/mol. The van der Waals surface area contributed by atoms with Crippen LogP contribution in [0.25, 0.3) is 11.0 Å². The second-order valence-corrected chi connectivity index (χ2v) is 9.09. The van der Waals surface area contributed by atoms with Gasteiger partial charge in [0.15, 0.2) is 0 Å². The molecular weight excluding hydrogens is 450 g/mol. The minimum atomic E-state index is 0.257. The van der Waals surface area contributed by atoms with Crippen LogP contribution in [0, 0.1) is 0 Å². The molecule has 0 fully saturated rings. The minimum Gasteiger partial charge on any atom is -0.341 e. The van der Waals surface area contributed by atoms with Crippen LogP contribution in [0.2, 0.25) is 0 Å². The van der Waals surface area contributed by atoms with Gasteiger partial charge in [-0.05, 0) is 66.3 Å². The summed E-state index contributed by atoms with van der Waals surface area (Å²) < 4.78 is 1.06. The number of pyridine rings is 1. The topological polar surface area (TPSA) is 70.8 Å². The highest BCUT2D eigenvalue weighted by Gasteiger charge is 2.28. The summed E-state index contributed by atoms with van der Waals surface area (Å²) in [6.45, 7) is 2.06. The molecule has 1 aliphatic rings. The van der Waals surface area contributed by atoms with E-state index in [0.29, 0.717) is 6.54 Å². The summed E-state index contributed by atoms with van der Waals surface area (Å²) in [6, 6.07) is 19.1. The van der Waals surface area contributed by atoms with Crippen LogP contribution in [0.15, 0.2) is 65.3 Å². The first kappa shape index (κ1) is 20.4. The number of aromatic amines is 1. The van der Waals surface area contributed by atoms with Gasteiger partial charge in [0.1, 0.15) is 5.82 Å². The number of rotatable bonds is 6. The smallest absolute Gasteiger partial charge is 0.121 e. The predicted octanol–water partition coefficient (Wildman–Crippen LogP) is 5.26. The zero-order valence-electron chi connectivity index (χ0n) is 17.4. The average Bonchev–Trinajstić information content (AvgIpc) is 3.21. The third-order valence-electron chi connectivity index (χ3n) is 6.16. The molecule has 0 amide bonds. The molecule has 0 radical (unpaired) electrons. The molecule has 6 heteroatoms. The molecule has 5 rings (SSSR count). The van der Waals surface area contributed by atoms with Crippen molar-refractivity contribution in [3.8, 4) is 0 Å². The number of imidazole rings is 1. The quantitative estimate of drug-likeness (QED) is 0.398. The normalized spacial score (nSPS) is 16.0. The summed E-state index contributed by atoms with van der Waals surface area (Å²) in [5.74, 6) is 0.982. The van der Waals surface area contributed by atoms with Gasteiger partial charge < -0.3 is 10.7 Å². The Hall–Kier alpha value is -2.54. The molecule has 158 valence electrons. The number of halogens is 1. The van der Waals surface area contributed by atoms with Gasteiger partial charge in [-0.15, -0.1) is 0 Å². The zero-order valence-corrected chi connectivity index (χ0v) is 19.0. The Morgan fingerprint density at radius 1 is 1.06 bits per heavy atom. The molecule has 1 aliphatic carbocycles. The van der Waals surface area contributed by atoms with E-state index in [0.717, 1.165) is 47.3 Å². The molecule has 2 heterocycles. The van der Waals surface area contributed by atoms with E-state index in [-0.39, 0.29) is 6.04 Å². The highest BCUT2D eigenvalue weighted by Crippen LogP contribution is 2.35. The van der Waals surface area contributed by atoms with Crippen LogP contribution in [-0.4, -0.2) is 19.9 Å². The number of benzene rings is 2. The van der Waals surface area contributed by atoms with E-state index in [1.807, 2.05) is 24.4 Å². The van der Waals surface area contributed by atoms with Crippen molar-refractivity contribution in [2.24, 2.45) is 5.73 Å². The van der Waals surface area contributed by atoms with Gasteiger partial charge >= 0.3 is 0 Å². The summed E-state index contributed by atoms with van der Waals surface area (Å²) in [4.78, 5) is 15.7. The summed E-state index contributed by atoms with van der Waals surface area (Å²) >= 11 is 3.58. The fourth-order valence-electron chi connectivity index (χ4n) is 4.65. The number of fused-ring (bicyclic) bond motifs is 2. The van der Waals surface area contributed by atoms with Gasteiger partial charge in [0.05, 0.1) is 29.3 Å². The van der Waals surface area contributed by atoms with Crippen LogP contribution in [-0.2, 0) is 26.1 Å². The molecule has 0 spiro atoms. The standard InChI is InChI=1S/C25H26BrN5/c26-20-11-10-18(19(13-20)14-27)15-31(16-24-29-21-7-1-2-8-22(21)30-24)23-9-3-5-17-6-4-12-28-25(17)23/h1-2,4,6-8,10-13,23H,3,5,9,14-16,27H2,(H,29,30). The van der Waals surface area contributed by atoms with Gasteiger partial charge in [0, 0.05) is 23.8 Å². The molecule has 2 aromatic heterocycles. The van der Waals surface area contributed by atoms with Crippen molar-refractivity contribution in [2.75, 3.05) is 0 Å². The van der Waals surface area contributed by atoms with Crippen molar-refractivity contribution in [2.45, 2.75) is 44.9 Å².